The molecule has 31 heavy (non-hydrogen) atoms. The van der Waals surface area contributed by atoms with Gasteiger partial charge in [0.1, 0.15) is 0 Å². The molecular weight excluding hydrogens is 398 g/mol. The molecule has 0 unspecified atom stereocenters. The van der Waals surface area contributed by atoms with E-state index in [1.165, 1.54) is 0 Å². The Morgan fingerprint density at radius 2 is 1.87 bits per heavy atom. The van der Waals surface area contributed by atoms with E-state index in [2.05, 4.69) is 10.6 Å². The van der Waals surface area contributed by atoms with Crippen molar-refractivity contribution in [1.29, 1.82) is 0 Å². The lowest BCUT2D eigenvalue weighted by atomic mass is 10.1. The van der Waals surface area contributed by atoms with E-state index in [0.29, 0.717) is 30.3 Å². The second-order valence-electron chi connectivity index (χ2n) is 8.69. The molecule has 0 spiro atoms. The number of carbonyl (C=O) groups is 4. The van der Waals surface area contributed by atoms with Crippen molar-refractivity contribution in [3.8, 4) is 0 Å². The molecule has 1 aliphatic heterocycles. The van der Waals surface area contributed by atoms with Crippen LogP contribution in [-0.2, 0) is 19.1 Å². The second kappa shape index (κ2) is 10.4. The van der Waals surface area contributed by atoms with Crippen molar-refractivity contribution in [2.24, 2.45) is 11.8 Å². The smallest absolute Gasteiger partial charge is 0.311 e. The van der Waals surface area contributed by atoms with E-state index in [-0.39, 0.29) is 24.3 Å². The number of nitrogens with zero attached hydrogens (tertiary/aromatic N) is 1. The Balaban J connectivity index is 1.50. The zero-order chi connectivity index (χ0) is 22.4. The van der Waals surface area contributed by atoms with Crippen molar-refractivity contribution in [3.05, 3.63) is 29.8 Å². The van der Waals surface area contributed by atoms with Crippen LogP contribution in [-0.4, -0.2) is 54.3 Å². The van der Waals surface area contributed by atoms with E-state index in [0.717, 1.165) is 25.7 Å². The molecule has 8 heteroatoms. The number of hydrogen-bond acceptors (Lipinski definition) is 5. The number of likely N-dealkylation sites (tertiary alicyclic amines) is 1. The van der Waals surface area contributed by atoms with Crippen molar-refractivity contribution in [2.45, 2.75) is 52.0 Å². The van der Waals surface area contributed by atoms with Gasteiger partial charge in [0.25, 0.3) is 11.8 Å². The lowest BCUT2D eigenvalue weighted by Gasteiger charge is -2.23. The van der Waals surface area contributed by atoms with Crippen LogP contribution in [0.5, 0.6) is 0 Å². The average Bonchev–Trinajstić information content (AvgIpc) is 3.40. The molecule has 168 valence electrons. The Hall–Kier alpha value is -2.90. The van der Waals surface area contributed by atoms with Crippen LogP contribution >= 0.6 is 0 Å². The highest BCUT2D eigenvalue weighted by Gasteiger charge is 2.39. The molecule has 2 fully saturated rings. The van der Waals surface area contributed by atoms with Crippen molar-refractivity contribution in [3.63, 3.8) is 0 Å². The average molecular weight is 430 g/mol. The van der Waals surface area contributed by atoms with Gasteiger partial charge in [-0.05, 0) is 30.9 Å². The van der Waals surface area contributed by atoms with Gasteiger partial charge in [-0.2, -0.15) is 0 Å². The molecule has 0 aromatic heterocycles. The van der Waals surface area contributed by atoms with Crippen LogP contribution in [0, 0.1) is 11.8 Å². The molecule has 2 aliphatic rings. The highest BCUT2D eigenvalue weighted by Crippen LogP contribution is 2.29. The van der Waals surface area contributed by atoms with E-state index in [1.54, 1.807) is 29.2 Å². The predicted molar refractivity (Wildman–Crippen MR) is 115 cm³/mol. The normalized spacial score (nSPS) is 19.0. The molecule has 0 radical (unpaired) electrons. The standard InChI is InChI=1S/C23H31N3O5/c1-15(2)12-24-22(29)18-9-5-6-10-19(18)25-20(27)14-31-23(30)16-11-21(28)26(13-16)17-7-3-4-8-17/h5-6,9-10,15-17H,3-4,7-8,11-14H2,1-2H3,(H,24,29)(H,25,27)/t16-/m1/s1. The van der Waals surface area contributed by atoms with Gasteiger partial charge in [-0.15, -0.1) is 0 Å². The molecule has 1 aromatic rings. The van der Waals surface area contributed by atoms with E-state index in [1.807, 2.05) is 13.8 Å². The van der Waals surface area contributed by atoms with Crippen molar-refractivity contribution in [2.75, 3.05) is 25.0 Å². The molecule has 1 saturated carbocycles. The van der Waals surface area contributed by atoms with Crippen LogP contribution in [0.1, 0.15) is 56.3 Å². The van der Waals surface area contributed by atoms with E-state index in [9.17, 15) is 19.2 Å². The number of para-hydroxylation sites is 1. The summed E-state index contributed by atoms with van der Waals surface area (Å²) in [6.07, 6.45) is 4.33. The molecule has 1 heterocycles. The number of anilines is 1. The summed E-state index contributed by atoms with van der Waals surface area (Å²) < 4.78 is 5.17. The topological polar surface area (TPSA) is 105 Å². The highest BCUT2D eigenvalue weighted by molar-refractivity contribution is 6.04. The van der Waals surface area contributed by atoms with E-state index >= 15 is 0 Å². The van der Waals surface area contributed by atoms with E-state index in [4.69, 9.17) is 4.74 Å². The van der Waals surface area contributed by atoms with Gasteiger partial charge in [-0.1, -0.05) is 38.8 Å². The number of hydrogen-bond donors (Lipinski definition) is 2. The summed E-state index contributed by atoms with van der Waals surface area (Å²) in [5.41, 5.74) is 0.699. The Labute approximate surface area is 182 Å². The van der Waals surface area contributed by atoms with Crippen LogP contribution in [0.15, 0.2) is 24.3 Å². The maximum atomic E-state index is 12.4. The fourth-order valence-corrected chi connectivity index (χ4v) is 4.08. The third kappa shape index (κ3) is 6.06. The molecule has 8 nitrogen and oxygen atoms in total. The number of carbonyl (C=O) groups excluding carboxylic acids is 4. The van der Waals surface area contributed by atoms with Gasteiger partial charge in [0, 0.05) is 25.6 Å². The van der Waals surface area contributed by atoms with Gasteiger partial charge in [0.05, 0.1) is 17.2 Å². The van der Waals surface area contributed by atoms with Crippen molar-refractivity contribution in [1.82, 2.24) is 10.2 Å². The number of esters is 1. The molecule has 3 amide bonds. The first-order chi connectivity index (χ1) is 14.8. The van der Waals surface area contributed by atoms with Gasteiger partial charge >= 0.3 is 5.97 Å². The number of rotatable bonds is 8. The lowest BCUT2D eigenvalue weighted by molar-refractivity contribution is -0.151. The zero-order valence-electron chi connectivity index (χ0n) is 18.2. The number of ether oxygens (including phenoxy) is 1. The largest absolute Gasteiger partial charge is 0.455 e. The summed E-state index contributed by atoms with van der Waals surface area (Å²) in [6.45, 7) is 4.41. The fourth-order valence-electron chi connectivity index (χ4n) is 4.08. The maximum Gasteiger partial charge on any atom is 0.311 e. The summed E-state index contributed by atoms with van der Waals surface area (Å²) >= 11 is 0. The molecule has 1 saturated heterocycles. The number of amides is 3. The summed E-state index contributed by atoms with van der Waals surface area (Å²) in [5.74, 6) is -1.59. The summed E-state index contributed by atoms with van der Waals surface area (Å²) in [7, 11) is 0. The summed E-state index contributed by atoms with van der Waals surface area (Å²) in [4.78, 5) is 51.1. The van der Waals surface area contributed by atoms with Crippen LogP contribution < -0.4 is 10.6 Å². The number of benzene rings is 1. The minimum absolute atomic E-state index is 0.0142. The first-order valence-electron chi connectivity index (χ1n) is 11.0. The first kappa shape index (κ1) is 22.8. The van der Waals surface area contributed by atoms with Gasteiger partial charge in [-0.25, -0.2) is 0 Å². The van der Waals surface area contributed by atoms with Crippen LogP contribution in [0.4, 0.5) is 5.69 Å². The summed E-state index contributed by atoms with van der Waals surface area (Å²) in [5, 5.41) is 5.45. The lowest BCUT2D eigenvalue weighted by Crippen LogP contribution is -2.35. The number of nitrogens with one attached hydrogen (secondary N) is 2. The minimum atomic E-state index is -0.535. The molecule has 0 bridgehead atoms. The molecule has 1 aliphatic carbocycles. The highest BCUT2D eigenvalue weighted by atomic mass is 16.5. The second-order valence-corrected chi connectivity index (χ2v) is 8.69. The zero-order valence-corrected chi connectivity index (χ0v) is 18.2. The van der Waals surface area contributed by atoms with Gasteiger partial charge in [0.2, 0.25) is 5.91 Å². The molecular formula is C23H31N3O5. The maximum absolute atomic E-state index is 12.4. The van der Waals surface area contributed by atoms with Crippen LogP contribution in [0.25, 0.3) is 0 Å². The van der Waals surface area contributed by atoms with Crippen LogP contribution in [0.2, 0.25) is 0 Å². The van der Waals surface area contributed by atoms with Crippen LogP contribution in [0.3, 0.4) is 0 Å². The third-order valence-electron chi connectivity index (χ3n) is 5.72. The Kier molecular flexibility index (Phi) is 7.65. The fraction of sp³-hybridized carbons (Fsp3) is 0.565. The third-order valence-corrected chi connectivity index (χ3v) is 5.72. The van der Waals surface area contributed by atoms with Gasteiger partial charge < -0.3 is 20.3 Å². The SMILES string of the molecule is CC(C)CNC(=O)c1ccccc1NC(=O)COC(=O)[C@@H]1CC(=O)N(C2CCCC2)C1. The van der Waals surface area contributed by atoms with Crippen molar-refractivity contribution < 1.29 is 23.9 Å². The van der Waals surface area contributed by atoms with Crippen molar-refractivity contribution >= 4 is 29.4 Å². The monoisotopic (exact) mass is 429 g/mol. The molecule has 2 N–H and O–H groups in total. The Morgan fingerprint density at radius 1 is 1.16 bits per heavy atom. The minimum Gasteiger partial charge on any atom is -0.455 e. The molecule has 1 atom stereocenters. The Bertz CT molecular complexity index is 832. The molecule has 3 rings (SSSR count). The Morgan fingerprint density at radius 3 is 2.58 bits per heavy atom. The van der Waals surface area contributed by atoms with Gasteiger partial charge in [0.15, 0.2) is 6.61 Å². The first-order valence-corrected chi connectivity index (χ1v) is 11.0. The molecule has 1 aromatic carbocycles. The van der Waals surface area contributed by atoms with E-state index < -0.39 is 24.4 Å². The van der Waals surface area contributed by atoms with Gasteiger partial charge in [-0.3, -0.25) is 19.2 Å². The quantitative estimate of drug-likeness (QED) is 0.617. The predicted octanol–water partition coefficient (Wildman–Crippen LogP) is 2.35. The summed E-state index contributed by atoms with van der Waals surface area (Å²) in [6, 6.07) is 6.90.